The van der Waals surface area contributed by atoms with Gasteiger partial charge in [-0.2, -0.15) is 0 Å². The molecule has 3 heteroatoms. The van der Waals surface area contributed by atoms with Crippen LogP contribution < -0.4 is 0 Å². The van der Waals surface area contributed by atoms with Crippen LogP contribution in [0.3, 0.4) is 0 Å². The van der Waals surface area contributed by atoms with Crippen LogP contribution in [0.25, 0.3) is 0 Å². The number of rotatable bonds is 9. The van der Waals surface area contributed by atoms with E-state index in [4.69, 9.17) is 5.11 Å². The highest BCUT2D eigenvalue weighted by Gasteiger charge is 2.11. The standard InChI is InChI=1S/C14H24O3/c1-11(2)13(7-6-12(3)16)8-9-14(17)5-4-10-15/h8-9,11,13,15H,4-7,10H2,1-3H3. The molecule has 0 aliphatic rings. The smallest absolute Gasteiger partial charge is 0.155 e. The Kier molecular flexibility index (Phi) is 8.60. The van der Waals surface area contributed by atoms with Gasteiger partial charge in [-0.25, -0.2) is 0 Å². The van der Waals surface area contributed by atoms with Crippen LogP contribution in [0.5, 0.6) is 0 Å². The summed E-state index contributed by atoms with van der Waals surface area (Å²) >= 11 is 0. The predicted molar refractivity (Wildman–Crippen MR) is 68.7 cm³/mol. The van der Waals surface area contributed by atoms with Gasteiger partial charge in [0, 0.05) is 19.4 Å². The van der Waals surface area contributed by atoms with E-state index in [0.29, 0.717) is 25.2 Å². The van der Waals surface area contributed by atoms with E-state index in [1.165, 1.54) is 0 Å². The van der Waals surface area contributed by atoms with Crippen molar-refractivity contribution in [2.24, 2.45) is 11.8 Å². The zero-order valence-corrected chi connectivity index (χ0v) is 11.1. The number of ketones is 2. The summed E-state index contributed by atoms with van der Waals surface area (Å²) in [6.07, 6.45) is 5.79. The van der Waals surface area contributed by atoms with Crippen molar-refractivity contribution in [2.45, 2.75) is 46.5 Å². The van der Waals surface area contributed by atoms with Crippen LogP contribution in [0.2, 0.25) is 0 Å². The maximum atomic E-state index is 11.4. The molecule has 0 aromatic carbocycles. The number of aliphatic hydroxyl groups excluding tert-OH is 1. The molecule has 1 N–H and O–H groups in total. The fraction of sp³-hybridized carbons (Fsp3) is 0.714. The molecule has 0 radical (unpaired) electrons. The van der Waals surface area contributed by atoms with Crippen LogP contribution in [0.15, 0.2) is 12.2 Å². The molecule has 0 saturated carbocycles. The zero-order chi connectivity index (χ0) is 13.3. The molecule has 98 valence electrons. The van der Waals surface area contributed by atoms with Crippen LogP contribution in [0, 0.1) is 11.8 Å². The van der Waals surface area contributed by atoms with Crippen molar-refractivity contribution in [3.63, 3.8) is 0 Å². The van der Waals surface area contributed by atoms with Gasteiger partial charge in [0.25, 0.3) is 0 Å². The first kappa shape index (κ1) is 16.0. The third-order valence-electron chi connectivity index (χ3n) is 2.80. The van der Waals surface area contributed by atoms with Gasteiger partial charge in [0.15, 0.2) is 5.78 Å². The average molecular weight is 240 g/mol. The van der Waals surface area contributed by atoms with E-state index in [-0.39, 0.29) is 24.1 Å². The topological polar surface area (TPSA) is 54.4 Å². The van der Waals surface area contributed by atoms with Gasteiger partial charge in [0.05, 0.1) is 0 Å². The molecule has 0 saturated heterocycles. The molecule has 0 aromatic heterocycles. The Balaban J connectivity index is 4.18. The molecule has 0 amide bonds. The van der Waals surface area contributed by atoms with Crippen molar-refractivity contribution in [1.29, 1.82) is 0 Å². The van der Waals surface area contributed by atoms with E-state index in [9.17, 15) is 9.59 Å². The summed E-state index contributed by atoms with van der Waals surface area (Å²) in [5.41, 5.74) is 0. The number of carbonyl (C=O) groups is 2. The first-order chi connectivity index (χ1) is 7.97. The van der Waals surface area contributed by atoms with Crippen molar-refractivity contribution >= 4 is 11.6 Å². The normalized spacial score (nSPS) is 13.2. The van der Waals surface area contributed by atoms with Crippen LogP contribution in [-0.4, -0.2) is 23.3 Å². The van der Waals surface area contributed by atoms with Crippen LogP contribution >= 0.6 is 0 Å². The number of hydrogen-bond acceptors (Lipinski definition) is 3. The Labute approximate surface area is 104 Å². The number of hydrogen-bond donors (Lipinski definition) is 1. The minimum absolute atomic E-state index is 0.0486. The van der Waals surface area contributed by atoms with Gasteiger partial charge in [-0.1, -0.05) is 19.9 Å². The number of Topliss-reactive ketones (excluding diaryl/α,β-unsaturated/α-hetero) is 1. The SMILES string of the molecule is CC(=O)CCC(C=CC(=O)CCCO)C(C)C. The van der Waals surface area contributed by atoms with Crippen molar-refractivity contribution in [2.75, 3.05) is 6.61 Å². The summed E-state index contributed by atoms with van der Waals surface area (Å²) in [6.45, 7) is 5.83. The molecule has 0 aliphatic heterocycles. The highest BCUT2D eigenvalue weighted by Crippen LogP contribution is 2.19. The highest BCUT2D eigenvalue weighted by molar-refractivity contribution is 5.89. The second kappa shape index (κ2) is 9.11. The van der Waals surface area contributed by atoms with E-state index < -0.39 is 0 Å². The number of allylic oxidation sites excluding steroid dienone is 2. The minimum atomic E-state index is 0.0486. The maximum Gasteiger partial charge on any atom is 0.155 e. The summed E-state index contributed by atoms with van der Waals surface area (Å²) in [5, 5.41) is 8.61. The van der Waals surface area contributed by atoms with Crippen molar-refractivity contribution in [3.05, 3.63) is 12.2 Å². The van der Waals surface area contributed by atoms with Gasteiger partial charge in [-0.05, 0) is 37.7 Å². The molecule has 0 aliphatic carbocycles. The molecule has 0 aromatic rings. The van der Waals surface area contributed by atoms with Gasteiger partial charge in [0.2, 0.25) is 0 Å². The summed E-state index contributed by atoms with van der Waals surface area (Å²) in [5.74, 6) is 0.941. The van der Waals surface area contributed by atoms with E-state index >= 15 is 0 Å². The van der Waals surface area contributed by atoms with E-state index in [2.05, 4.69) is 13.8 Å². The maximum absolute atomic E-state index is 11.4. The second-order valence-electron chi connectivity index (χ2n) is 4.80. The molecule has 1 unspecified atom stereocenters. The third kappa shape index (κ3) is 8.81. The Morgan fingerprint density at radius 2 is 1.88 bits per heavy atom. The fourth-order valence-corrected chi connectivity index (χ4v) is 1.59. The Bertz CT molecular complexity index is 267. The number of aliphatic hydroxyl groups is 1. The zero-order valence-electron chi connectivity index (χ0n) is 11.1. The Morgan fingerprint density at radius 1 is 1.24 bits per heavy atom. The van der Waals surface area contributed by atoms with E-state index in [1.54, 1.807) is 13.0 Å². The first-order valence-corrected chi connectivity index (χ1v) is 6.28. The molecule has 0 heterocycles. The lowest BCUT2D eigenvalue weighted by Gasteiger charge is -2.15. The molecule has 0 rings (SSSR count). The van der Waals surface area contributed by atoms with Crippen molar-refractivity contribution < 1.29 is 14.7 Å². The Hall–Kier alpha value is -0.960. The van der Waals surface area contributed by atoms with Crippen molar-refractivity contribution in [3.8, 4) is 0 Å². The fourth-order valence-electron chi connectivity index (χ4n) is 1.59. The van der Waals surface area contributed by atoms with Gasteiger partial charge < -0.3 is 9.90 Å². The molecule has 0 fully saturated rings. The van der Waals surface area contributed by atoms with Gasteiger partial charge >= 0.3 is 0 Å². The lowest BCUT2D eigenvalue weighted by Crippen LogP contribution is -2.08. The third-order valence-corrected chi connectivity index (χ3v) is 2.80. The molecular weight excluding hydrogens is 216 g/mol. The van der Waals surface area contributed by atoms with Gasteiger partial charge in [-0.15, -0.1) is 0 Å². The summed E-state index contributed by atoms with van der Waals surface area (Å²) < 4.78 is 0. The molecule has 1 atom stereocenters. The lowest BCUT2D eigenvalue weighted by molar-refractivity contribution is -0.117. The lowest BCUT2D eigenvalue weighted by atomic mass is 9.90. The van der Waals surface area contributed by atoms with Gasteiger partial charge in [0.1, 0.15) is 5.78 Å². The molecule has 0 spiro atoms. The second-order valence-corrected chi connectivity index (χ2v) is 4.80. The summed E-state index contributed by atoms with van der Waals surface area (Å²) in [4.78, 5) is 22.3. The average Bonchev–Trinajstić information content (AvgIpc) is 2.25. The molecule has 17 heavy (non-hydrogen) atoms. The summed E-state index contributed by atoms with van der Waals surface area (Å²) in [7, 11) is 0. The van der Waals surface area contributed by atoms with E-state index in [0.717, 1.165) is 6.42 Å². The quantitative estimate of drug-likeness (QED) is 0.630. The van der Waals surface area contributed by atoms with E-state index in [1.807, 2.05) is 6.08 Å². The molecule has 0 bridgehead atoms. The predicted octanol–water partition coefficient (Wildman–Crippen LogP) is 2.53. The van der Waals surface area contributed by atoms with Crippen molar-refractivity contribution in [1.82, 2.24) is 0 Å². The monoisotopic (exact) mass is 240 g/mol. The van der Waals surface area contributed by atoms with Crippen LogP contribution in [0.4, 0.5) is 0 Å². The molecule has 3 nitrogen and oxygen atoms in total. The van der Waals surface area contributed by atoms with Crippen LogP contribution in [0.1, 0.15) is 46.5 Å². The Morgan fingerprint density at radius 3 is 2.35 bits per heavy atom. The first-order valence-electron chi connectivity index (χ1n) is 6.28. The minimum Gasteiger partial charge on any atom is -0.396 e. The van der Waals surface area contributed by atoms with Crippen LogP contribution in [-0.2, 0) is 9.59 Å². The summed E-state index contributed by atoms with van der Waals surface area (Å²) in [6, 6.07) is 0. The number of carbonyl (C=O) groups excluding carboxylic acids is 2. The van der Waals surface area contributed by atoms with Gasteiger partial charge in [-0.3, -0.25) is 4.79 Å². The largest absolute Gasteiger partial charge is 0.396 e. The highest BCUT2D eigenvalue weighted by atomic mass is 16.3. The molecular formula is C14H24O3.